The molecule has 0 unspecified atom stereocenters. The molecule has 1 amide bonds. The first-order valence-electron chi connectivity index (χ1n) is 7.06. The Hall–Kier alpha value is -3.53. The number of hydrogen-bond acceptors (Lipinski definition) is 5. The van der Waals surface area contributed by atoms with Crippen LogP contribution in [0.2, 0.25) is 0 Å². The van der Waals surface area contributed by atoms with E-state index in [1.54, 1.807) is 4.57 Å². The predicted molar refractivity (Wildman–Crippen MR) is 88.4 cm³/mol. The van der Waals surface area contributed by atoms with Gasteiger partial charge in [-0.25, -0.2) is 14.8 Å². The number of nitrogens with one attached hydrogen (secondary N) is 2. The number of H-pyrrole nitrogens is 1. The van der Waals surface area contributed by atoms with E-state index in [4.69, 9.17) is 5.11 Å². The van der Waals surface area contributed by atoms with Crippen LogP contribution in [0.1, 0.15) is 16.8 Å². The molecule has 0 fully saturated rings. The molecule has 2 heterocycles. The highest BCUT2D eigenvalue weighted by molar-refractivity contribution is 5.92. The minimum Gasteiger partial charge on any atom is -0.478 e. The van der Waals surface area contributed by atoms with Crippen LogP contribution in [-0.4, -0.2) is 42.0 Å². The number of amides is 1. The van der Waals surface area contributed by atoms with Crippen LogP contribution in [0.5, 0.6) is 0 Å². The molecule has 0 saturated heterocycles. The Bertz CT molecular complexity index is 960. The maximum atomic E-state index is 12.0. The predicted octanol–water partition coefficient (Wildman–Crippen LogP) is 0.0219. The fourth-order valence-corrected chi connectivity index (χ4v) is 2.20. The van der Waals surface area contributed by atoms with Crippen molar-refractivity contribution in [1.29, 1.82) is 0 Å². The van der Waals surface area contributed by atoms with Gasteiger partial charge in [0.1, 0.15) is 0 Å². The highest BCUT2D eigenvalue weighted by Crippen LogP contribution is 2.11. The highest BCUT2D eigenvalue weighted by atomic mass is 16.4. The van der Waals surface area contributed by atoms with Crippen molar-refractivity contribution in [3.63, 3.8) is 0 Å². The molecule has 10 nitrogen and oxygen atoms in total. The van der Waals surface area contributed by atoms with Crippen molar-refractivity contribution in [2.75, 3.05) is 5.32 Å². The van der Waals surface area contributed by atoms with E-state index in [1.165, 1.54) is 36.9 Å². The summed E-state index contributed by atoms with van der Waals surface area (Å²) in [5.41, 5.74) is 0.963. The van der Waals surface area contributed by atoms with Crippen molar-refractivity contribution in [3.8, 4) is 0 Å². The van der Waals surface area contributed by atoms with E-state index < -0.39 is 5.97 Å². The molecule has 0 aliphatic heterocycles. The number of fused-ring (bicyclic) bond motifs is 1. The Labute approximate surface area is 140 Å². The lowest BCUT2D eigenvalue weighted by atomic mass is 10.2. The van der Waals surface area contributed by atoms with Crippen LogP contribution in [-0.2, 0) is 11.3 Å². The number of carbonyl (C=O) groups excluding carboxylic acids is 1. The second kappa shape index (κ2) is 7.36. The molecule has 0 saturated carbocycles. The Balaban J connectivity index is 0.00000225. The number of aromatic carboxylic acids is 1. The molecular formula is C15H15N5O5. The van der Waals surface area contributed by atoms with Crippen LogP contribution in [0, 0.1) is 0 Å². The second-order valence-electron chi connectivity index (χ2n) is 5.02. The molecule has 0 bridgehead atoms. The number of aromatic nitrogens is 4. The maximum absolute atomic E-state index is 12.0. The first-order valence-corrected chi connectivity index (χ1v) is 7.06. The van der Waals surface area contributed by atoms with E-state index in [0.717, 1.165) is 0 Å². The minimum atomic E-state index is -1.03. The number of carbonyl (C=O) groups is 2. The fraction of sp³-hybridized carbons (Fsp3) is 0.133. The molecule has 0 radical (unpaired) electrons. The monoisotopic (exact) mass is 345 g/mol. The summed E-state index contributed by atoms with van der Waals surface area (Å²) < 4.78 is 1.62. The number of imidazole rings is 1. The number of hydrogen-bond donors (Lipinski definition) is 3. The number of aryl methyl sites for hydroxylation is 1. The van der Waals surface area contributed by atoms with E-state index in [-0.39, 0.29) is 34.4 Å². The number of anilines is 1. The van der Waals surface area contributed by atoms with Gasteiger partial charge in [0.2, 0.25) is 5.91 Å². The molecule has 10 heteroatoms. The number of carboxylic acids is 1. The van der Waals surface area contributed by atoms with Crippen molar-refractivity contribution in [2.45, 2.75) is 13.0 Å². The van der Waals surface area contributed by atoms with Crippen molar-refractivity contribution < 1.29 is 20.2 Å². The van der Waals surface area contributed by atoms with Gasteiger partial charge in [-0.15, -0.1) is 0 Å². The summed E-state index contributed by atoms with van der Waals surface area (Å²) in [7, 11) is 0. The summed E-state index contributed by atoms with van der Waals surface area (Å²) >= 11 is 0. The maximum Gasteiger partial charge on any atom is 0.335 e. The number of nitrogens with zero attached hydrogens (tertiary/aromatic N) is 3. The van der Waals surface area contributed by atoms with Crippen LogP contribution in [0.25, 0.3) is 11.2 Å². The van der Waals surface area contributed by atoms with Gasteiger partial charge < -0.3 is 25.5 Å². The smallest absolute Gasteiger partial charge is 0.335 e. The van der Waals surface area contributed by atoms with Crippen molar-refractivity contribution >= 4 is 28.7 Å². The second-order valence-corrected chi connectivity index (χ2v) is 5.02. The third kappa shape index (κ3) is 3.87. The van der Waals surface area contributed by atoms with Gasteiger partial charge in [-0.2, -0.15) is 0 Å². The van der Waals surface area contributed by atoms with E-state index in [1.807, 2.05) is 0 Å². The molecule has 25 heavy (non-hydrogen) atoms. The molecule has 0 aliphatic rings. The normalized spacial score (nSPS) is 10.2. The van der Waals surface area contributed by atoms with Gasteiger partial charge in [0, 0.05) is 18.7 Å². The molecule has 0 atom stereocenters. The zero-order valence-corrected chi connectivity index (χ0v) is 12.9. The first-order chi connectivity index (χ1) is 11.5. The van der Waals surface area contributed by atoms with Gasteiger partial charge in [0.05, 0.1) is 18.2 Å². The molecule has 130 valence electrons. The fourth-order valence-electron chi connectivity index (χ4n) is 2.20. The Kier molecular flexibility index (Phi) is 5.25. The lowest BCUT2D eigenvalue weighted by Gasteiger charge is -2.06. The summed E-state index contributed by atoms with van der Waals surface area (Å²) in [4.78, 5) is 44.8. The van der Waals surface area contributed by atoms with E-state index in [2.05, 4.69) is 20.3 Å². The third-order valence-corrected chi connectivity index (χ3v) is 3.40. The third-order valence-electron chi connectivity index (χ3n) is 3.40. The zero-order valence-electron chi connectivity index (χ0n) is 12.9. The summed E-state index contributed by atoms with van der Waals surface area (Å²) in [5.74, 6) is -1.27. The summed E-state index contributed by atoms with van der Waals surface area (Å²) in [6.07, 6.45) is 2.90. The summed E-state index contributed by atoms with van der Waals surface area (Å²) in [5, 5.41) is 11.5. The quantitative estimate of drug-likeness (QED) is 0.590. The van der Waals surface area contributed by atoms with Crippen molar-refractivity contribution in [2.24, 2.45) is 0 Å². The average molecular weight is 345 g/mol. The first kappa shape index (κ1) is 17.8. The van der Waals surface area contributed by atoms with Crippen LogP contribution in [0.15, 0.2) is 41.7 Å². The Morgan fingerprint density at radius 2 is 1.92 bits per heavy atom. The Morgan fingerprint density at radius 1 is 1.20 bits per heavy atom. The standard InChI is InChI=1S/C15H13N5O4.H2O/c21-11(19-10-3-1-9(2-4-10)15(23)24)5-6-20-8-18-12-13(20)16-7-17-14(12)22;/h1-4,7-8H,5-6H2,(H,19,21)(H,23,24)(H,16,17,22);1H2. The van der Waals surface area contributed by atoms with Gasteiger partial charge >= 0.3 is 5.97 Å². The van der Waals surface area contributed by atoms with E-state index in [9.17, 15) is 14.4 Å². The van der Waals surface area contributed by atoms with Gasteiger partial charge in [-0.05, 0) is 24.3 Å². The van der Waals surface area contributed by atoms with Gasteiger partial charge in [0.25, 0.3) is 5.56 Å². The minimum absolute atomic E-state index is 0. The van der Waals surface area contributed by atoms with Crippen LogP contribution in [0.3, 0.4) is 0 Å². The lowest BCUT2D eigenvalue weighted by molar-refractivity contribution is -0.116. The van der Waals surface area contributed by atoms with Crippen LogP contribution < -0.4 is 10.9 Å². The summed E-state index contributed by atoms with van der Waals surface area (Å²) in [6.45, 7) is 0.312. The van der Waals surface area contributed by atoms with Crippen molar-refractivity contribution in [3.05, 3.63) is 52.8 Å². The topological polar surface area (TPSA) is 161 Å². The number of benzene rings is 1. The molecular weight excluding hydrogens is 330 g/mol. The number of rotatable bonds is 5. The van der Waals surface area contributed by atoms with E-state index >= 15 is 0 Å². The molecule has 2 aromatic heterocycles. The van der Waals surface area contributed by atoms with Gasteiger partial charge in [-0.3, -0.25) is 9.59 Å². The van der Waals surface area contributed by atoms with Crippen LogP contribution >= 0.6 is 0 Å². The molecule has 1 aromatic carbocycles. The molecule has 3 aromatic rings. The van der Waals surface area contributed by atoms with Gasteiger partial charge in [0.15, 0.2) is 11.2 Å². The zero-order chi connectivity index (χ0) is 17.1. The lowest BCUT2D eigenvalue weighted by Crippen LogP contribution is -2.15. The molecule has 0 spiro atoms. The Morgan fingerprint density at radius 3 is 2.60 bits per heavy atom. The largest absolute Gasteiger partial charge is 0.478 e. The number of carboxylic acid groups (broad SMARTS) is 1. The molecule has 0 aliphatic carbocycles. The average Bonchev–Trinajstić information content (AvgIpc) is 2.98. The molecule has 3 rings (SSSR count). The summed E-state index contributed by atoms with van der Waals surface area (Å²) in [6, 6.07) is 5.87. The molecule has 5 N–H and O–H groups in total. The van der Waals surface area contributed by atoms with Crippen molar-refractivity contribution in [1.82, 2.24) is 19.5 Å². The van der Waals surface area contributed by atoms with E-state index in [0.29, 0.717) is 17.9 Å². The highest BCUT2D eigenvalue weighted by Gasteiger charge is 2.09. The SMILES string of the molecule is O.O=C(CCn1cnc2c(=O)[nH]cnc21)Nc1ccc(C(=O)O)cc1. The van der Waals surface area contributed by atoms with Gasteiger partial charge in [-0.1, -0.05) is 0 Å². The number of aromatic amines is 1. The van der Waals surface area contributed by atoms with Crippen LogP contribution in [0.4, 0.5) is 5.69 Å².